The van der Waals surface area contributed by atoms with E-state index in [1.807, 2.05) is 24.6 Å². The predicted molar refractivity (Wildman–Crippen MR) is 84.8 cm³/mol. The molecule has 1 amide bonds. The SMILES string of the molecule is Cc1nc2cc(C(=O)Nc3ccc(F)c(Cl)c3)ccc2n1C. The Morgan fingerprint density at radius 3 is 2.77 bits per heavy atom. The number of nitrogens with one attached hydrogen (secondary N) is 1. The number of anilines is 1. The fraction of sp³-hybridized carbons (Fsp3) is 0.125. The molecule has 0 saturated carbocycles. The average molecular weight is 318 g/mol. The van der Waals surface area contributed by atoms with Gasteiger partial charge in [0.05, 0.1) is 16.1 Å². The number of benzene rings is 2. The maximum absolute atomic E-state index is 13.1. The average Bonchev–Trinajstić information content (AvgIpc) is 2.77. The van der Waals surface area contributed by atoms with Gasteiger partial charge in [0.2, 0.25) is 0 Å². The molecule has 4 nitrogen and oxygen atoms in total. The number of rotatable bonds is 2. The Morgan fingerprint density at radius 1 is 1.27 bits per heavy atom. The van der Waals surface area contributed by atoms with Crippen molar-refractivity contribution >= 4 is 34.2 Å². The van der Waals surface area contributed by atoms with Crippen LogP contribution in [-0.4, -0.2) is 15.5 Å². The van der Waals surface area contributed by atoms with Crippen molar-refractivity contribution in [2.24, 2.45) is 7.05 Å². The largest absolute Gasteiger partial charge is 0.331 e. The van der Waals surface area contributed by atoms with Crippen molar-refractivity contribution in [2.45, 2.75) is 6.92 Å². The van der Waals surface area contributed by atoms with Crippen molar-refractivity contribution < 1.29 is 9.18 Å². The Kier molecular flexibility index (Phi) is 3.58. The van der Waals surface area contributed by atoms with Crippen LogP contribution in [0.4, 0.5) is 10.1 Å². The smallest absolute Gasteiger partial charge is 0.255 e. The molecule has 0 atom stereocenters. The van der Waals surface area contributed by atoms with Gasteiger partial charge in [-0.05, 0) is 43.3 Å². The summed E-state index contributed by atoms with van der Waals surface area (Å²) in [6.07, 6.45) is 0. The van der Waals surface area contributed by atoms with E-state index in [1.54, 1.807) is 12.1 Å². The number of nitrogens with zero attached hydrogens (tertiary/aromatic N) is 2. The molecule has 0 radical (unpaired) electrons. The van der Waals surface area contributed by atoms with E-state index in [9.17, 15) is 9.18 Å². The third-order valence-corrected chi connectivity index (χ3v) is 3.83. The molecular weight excluding hydrogens is 305 g/mol. The molecule has 1 heterocycles. The number of halogens is 2. The summed E-state index contributed by atoms with van der Waals surface area (Å²) in [5.41, 5.74) is 2.63. The van der Waals surface area contributed by atoms with Gasteiger partial charge in [-0.2, -0.15) is 0 Å². The van der Waals surface area contributed by atoms with Gasteiger partial charge in [-0.15, -0.1) is 0 Å². The van der Waals surface area contributed by atoms with E-state index in [2.05, 4.69) is 10.3 Å². The first-order valence-electron chi connectivity index (χ1n) is 6.65. The fourth-order valence-electron chi connectivity index (χ4n) is 2.24. The van der Waals surface area contributed by atoms with Crippen LogP contribution in [0.15, 0.2) is 36.4 Å². The number of carbonyl (C=O) groups is 1. The lowest BCUT2D eigenvalue weighted by Gasteiger charge is -2.06. The molecule has 3 aromatic rings. The van der Waals surface area contributed by atoms with Gasteiger partial charge in [-0.25, -0.2) is 9.37 Å². The lowest BCUT2D eigenvalue weighted by molar-refractivity contribution is 0.102. The quantitative estimate of drug-likeness (QED) is 0.778. The molecule has 0 aliphatic rings. The molecule has 0 unspecified atom stereocenters. The maximum Gasteiger partial charge on any atom is 0.255 e. The van der Waals surface area contributed by atoms with Gasteiger partial charge in [-0.1, -0.05) is 11.6 Å². The molecule has 0 aliphatic heterocycles. The summed E-state index contributed by atoms with van der Waals surface area (Å²) in [4.78, 5) is 16.7. The standard InChI is InChI=1S/C16H13ClFN3O/c1-9-19-14-7-10(3-6-15(14)21(9)2)16(22)20-11-4-5-13(18)12(17)8-11/h3-8H,1-2H3,(H,20,22). The van der Waals surface area contributed by atoms with Crippen LogP contribution in [0.3, 0.4) is 0 Å². The Hall–Kier alpha value is -2.40. The van der Waals surface area contributed by atoms with Gasteiger partial charge in [0, 0.05) is 18.3 Å². The summed E-state index contributed by atoms with van der Waals surface area (Å²) in [5, 5.41) is 2.65. The van der Waals surface area contributed by atoms with Crippen molar-refractivity contribution in [2.75, 3.05) is 5.32 Å². The Balaban J connectivity index is 1.89. The molecule has 1 aromatic heterocycles. The van der Waals surface area contributed by atoms with Crippen LogP contribution in [0.5, 0.6) is 0 Å². The first-order chi connectivity index (χ1) is 10.5. The van der Waals surface area contributed by atoms with Crippen LogP contribution >= 0.6 is 11.6 Å². The van der Waals surface area contributed by atoms with E-state index >= 15 is 0 Å². The van der Waals surface area contributed by atoms with Crippen LogP contribution in [0.25, 0.3) is 11.0 Å². The number of amides is 1. The molecule has 22 heavy (non-hydrogen) atoms. The van der Waals surface area contributed by atoms with Gasteiger partial charge in [-0.3, -0.25) is 4.79 Å². The monoisotopic (exact) mass is 317 g/mol. The highest BCUT2D eigenvalue weighted by Gasteiger charge is 2.11. The summed E-state index contributed by atoms with van der Waals surface area (Å²) in [6, 6.07) is 9.35. The van der Waals surface area contributed by atoms with Crippen molar-refractivity contribution in [1.29, 1.82) is 0 Å². The van der Waals surface area contributed by atoms with Crippen LogP contribution in [0.1, 0.15) is 16.2 Å². The number of hydrogen-bond donors (Lipinski definition) is 1. The van der Waals surface area contributed by atoms with E-state index in [1.165, 1.54) is 18.2 Å². The normalized spacial score (nSPS) is 10.9. The van der Waals surface area contributed by atoms with Crippen LogP contribution in [0.2, 0.25) is 5.02 Å². The molecule has 0 spiro atoms. The van der Waals surface area contributed by atoms with E-state index < -0.39 is 5.82 Å². The Labute approximate surface area is 131 Å². The molecule has 0 aliphatic carbocycles. The van der Waals surface area contributed by atoms with Crippen molar-refractivity contribution in [3.63, 3.8) is 0 Å². The number of hydrogen-bond acceptors (Lipinski definition) is 2. The lowest BCUT2D eigenvalue weighted by Crippen LogP contribution is -2.11. The summed E-state index contributed by atoms with van der Waals surface area (Å²) >= 11 is 5.70. The molecule has 6 heteroatoms. The number of carbonyl (C=O) groups excluding carboxylic acids is 1. The van der Waals surface area contributed by atoms with Crippen LogP contribution in [-0.2, 0) is 7.05 Å². The number of imidazole rings is 1. The molecular formula is C16H13ClFN3O. The zero-order valence-corrected chi connectivity index (χ0v) is 12.8. The van der Waals surface area contributed by atoms with Crippen molar-refractivity contribution in [3.05, 3.63) is 58.6 Å². The zero-order valence-electron chi connectivity index (χ0n) is 12.0. The second-order valence-electron chi connectivity index (χ2n) is 5.00. The maximum atomic E-state index is 13.1. The summed E-state index contributed by atoms with van der Waals surface area (Å²) < 4.78 is 15.1. The first-order valence-corrected chi connectivity index (χ1v) is 7.03. The van der Waals surface area contributed by atoms with Crippen LogP contribution < -0.4 is 5.32 Å². The predicted octanol–water partition coefficient (Wildman–Crippen LogP) is 3.93. The fourth-order valence-corrected chi connectivity index (χ4v) is 2.42. The highest BCUT2D eigenvalue weighted by Crippen LogP contribution is 2.21. The molecule has 2 aromatic carbocycles. The topological polar surface area (TPSA) is 46.9 Å². The third-order valence-electron chi connectivity index (χ3n) is 3.54. The van der Waals surface area contributed by atoms with Gasteiger partial charge in [0.15, 0.2) is 0 Å². The lowest BCUT2D eigenvalue weighted by atomic mass is 10.2. The van der Waals surface area contributed by atoms with E-state index in [0.29, 0.717) is 11.3 Å². The summed E-state index contributed by atoms with van der Waals surface area (Å²) in [6.45, 7) is 1.90. The van der Waals surface area contributed by atoms with Gasteiger partial charge < -0.3 is 9.88 Å². The molecule has 3 rings (SSSR count). The van der Waals surface area contributed by atoms with E-state index in [0.717, 1.165) is 16.9 Å². The van der Waals surface area contributed by atoms with Gasteiger partial charge in [0.25, 0.3) is 5.91 Å². The van der Waals surface area contributed by atoms with Crippen LogP contribution in [0, 0.1) is 12.7 Å². The van der Waals surface area contributed by atoms with E-state index in [-0.39, 0.29) is 10.9 Å². The molecule has 0 fully saturated rings. The zero-order chi connectivity index (χ0) is 15.9. The van der Waals surface area contributed by atoms with Crippen molar-refractivity contribution in [3.8, 4) is 0 Å². The third kappa shape index (κ3) is 2.55. The minimum Gasteiger partial charge on any atom is -0.331 e. The van der Waals surface area contributed by atoms with Gasteiger partial charge >= 0.3 is 0 Å². The number of aryl methyl sites for hydroxylation is 2. The summed E-state index contributed by atoms with van der Waals surface area (Å²) in [5.74, 6) is 0.0517. The molecule has 1 N–H and O–H groups in total. The number of fused-ring (bicyclic) bond motifs is 1. The minimum atomic E-state index is -0.523. The second-order valence-corrected chi connectivity index (χ2v) is 5.41. The Morgan fingerprint density at radius 2 is 2.05 bits per heavy atom. The second kappa shape index (κ2) is 5.42. The molecule has 112 valence electrons. The Bertz CT molecular complexity index is 888. The van der Waals surface area contributed by atoms with Crippen molar-refractivity contribution in [1.82, 2.24) is 9.55 Å². The molecule has 0 bridgehead atoms. The van der Waals surface area contributed by atoms with E-state index in [4.69, 9.17) is 11.6 Å². The minimum absolute atomic E-state index is 0.0337. The van der Waals surface area contributed by atoms with Gasteiger partial charge in [0.1, 0.15) is 11.6 Å². The summed E-state index contributed by atoms with van der Waals surface area (Å²) in [7, 11) is 1.92. The number of aromatic nitrogens is 2. The molecule has 0 saturated heterocycles. The first kappa shape index (κ1) is 14.5. The highest BCUT2D eigenvalue weighted by molar-refractivity contribution is 6.31. The highest BCUT2D eigenvalue weighted by atomic mass is 35.5.